The predicted octanol–water partition coefficient (Wildman–Crippen LogP) is 4.18. The van der Waals surface area contributed by atoms with Gasteiger partial charge in [-0.05, 0) is 50.6 Å². The number of fused-ring (bicyclic) bond motifs is 1. The van der Waals surface area contributed by atoms with Crippen molar-refractivity contribution in [1.29, 1.82) is 0 Å². The van der Waals surface area contributed by atoms with Crippen LogP contribution in [0.5, 0.6) is 23.0 Å². The van der Waals surface area contributed by atoms with E-state index in [4.69, 9.17) is 23.7 Å². The summed E-state index contributed by atoms with van der Waals surface area (Å²) in [6.07, 6.45) is 0.931. The molecule has 0 saturated carbocycles. The van der Waals surface area contributed by atoms with Gasteiger partial charge in [0, 0.05) is 11.8 Å². The van der Waals surface area contributed by atoms with Crippen LogP contribution < -0.4 is 24.3 Å². The van der Waals surface area contributed by atoms with Gasteiger partial charge >= 0.3 is 5.97 Å². The number of hydrogen-bond acceptors (Lipinski definition) is 7. The Morgan fingerprint density at radius 2 is 1.84 bits per heavy atom. The third kappa shape index (κ3) is 5.81. The molecule has 3 rings (SSSR count). The Morgan fingerprint density at radius 1 is 1.03 bits per heavy atom. The molecule has 31 heavy (non-hydrogen) atoms. The van der Waals surface area contributed by atoms with Gasteiger partial charge < -0.3 is 29.0 Å². The summed E-state index contributed by atoms with van der Waals surface area (Å²) in [6.45, 7) is 6.58. The summed E-state index contributed by atoms with van der Waals surface area (Å²) in [4.78, 5) is 25.0. The zero-order valence-corrected chi connectivity index (χ0v) is 17.9. The molecule has 1 heterocycles. The van der Waals surface area contributed by atoms with Crippen molar-refractivity contribution in [3.05, 3.63) is 42.0 Å². The fourth-order valence-electron chi connectivity index (χ4n) is 2.85. The Hall–Kier alpha value is -3.42. The summed E-state index contributed by atoms with van der Waals surface area (Å²) in [6, 6.07) is 9.87. The highest BCUT2D eigenvalue weighted by Gasteiger charge is 2.21. The maximum atomic E-state index is 12.6. The number of benzene rings is 2. The molecular weight excluding hydrogens is 402 g/mol. The SMILES string of the molecule is CCCCOc1ccc(C(=O)O[C@@H](C)C(=O)Nc2ccc3c(c2)OCO3)cc1OCC. The molecule has 1 atom stereocenters. The molecule has 0 unspecified atom stereocenters. The summed E-state index contributed by atoms with van der Waals surface area (Å²) in [5.74, 6) is 1.11. The molecule has 0 bridgehead atoms. The van der Waals surface area contributed by atoms with Crippen LogP contribution in [0, 0.1) is 0 Å². The van der Waals surface area contributed by atoms with E-state index < -0.39 is 18.0 Å². The molecule has 0 aliphatic carbocycles. The number of nitrogens with one attached hydrogen (secondary N) is 1. The topological polar surface area (TPSA) is 92.3 Å². The number of esters is 1. The molecule has 0 radical (unpaired) electrons. The highest BCUT2D eigenvalue weighted by atomic mass is 16.7. The van der Waals surface area contributed by atoms with Gasteiger partial charge in [0.05, 0.1) is 18.8 Å². The van der Waals surface area contributed by atoms with Crippen molar-refractivity contribution in [2.75, 3.05) is 25.3 Å². The average Bonchev–Trinajstić information content (AvgIpc) is 3.22. The van der Waals surface area contributed by atoms with Gasteiger partial charge in [0.15, 0.2) is 29.1 Å². The van der Waals surface area contributed by atoms with E-state index in [9.17, 15) is 9.59 Å². The lowest BCUT2D eigenvalue weighted by atomic mass is 10.2. The highest BCUT2D eigenvalue weighted by Crippen LogP contribution is 2.34. The van der Waals surface area contributed by atoms with E-state index in [2.05, 4.69) is 12.2 Å². The third-order valence-corrected chi connectivity index (χ3v) is 4.53. The minimum absolute atomic E-state index is 0.146. The first kappa shape index (κ1) is 22.3. The van der Waals surface area contributed by atoms with Crippen LogP contribution in [0.3, 0.4) is 0 Å². The van der Waals surface area contributed by atoms with E-state index in [-0.39, 0.29) is 12.4 Å². The summed E-state index contributed by atoms with van der Waals surface area (Å²) >= 11 is 0. The van der Waals surface area contributed by atoms with E-state index in [1.807, 2.05) is 6.92 Å². The van der Waals surface area contributed by atoms with Crippen LogP contribution in [0.2, 0.25) is 0 Å². The number of ether oxygens (including phenoxy) is 5. The van der Waals surface area contributed by atoms with Gasteiger partial charge in [-0.3, -0.25) is 4.79 Å². The summed E-state index contributed by atoms with van der Waals surface area (Å²) in [5, 5.41) is 2.70. The second-order valence-electron chi connectivity index (χ2n) is 6.90. The first-order valence-electron chi connectivity index (χ1n) is 10.3. The summed E-state index contributed by atoms with van der Waals surface area (Å²) in [5.41, 5.74) is 0.790. The van der Waals surface area contributed by atoms with Crippen molar-refractivity contribution in [2.24, 2.45) is 0 Å². The average molecular weight is 429 g/mol. The highest BCUT2D eigenvalue weighted by molar-refractivity contribution is 5.97. The monoisotopic (exact) mass is 429 g/mol. The van der Waals surface area contributed by atoms with Gasteiger partial charge in [0.2, 0.25) is 6.79 Å². The molecule has 2 aromatic rings. The van der Waals surface area contributed by atoms with Gasteiger partial charge in [0.1, 0.15) is 0 Å². The molecule has 166 valence electrons. The summed E-state index contributed by atoms with van der Waals surface area (Å²) in [7, 11) is 0. The molecule has 1 amide bonds. The van der Waals surface area contributed by atoms with Crippen molar-refractivity contribution < 1.29 is 33.3 Å². The van der Waals surface area contributed by atoms with Crippen molar-refractivity contribution in [2.45, 2.75) is 39.7 Å². The van der Waals surface area contributed by atoms with Crippen LogP contribution >= 0.6 is 0 Å². The Labute approximate surface area is 181 Å². The smallest absolute Gasteiger partial charge is 0.339 e. The Bertz CT molecular complexity index is 928. The van der Waals surface area contributed by atoms with Crippen LogP contribution in [-0.2, 0) is 9.53 Å². The maximum Gasteiger partial charge on any atom is 0.339 e. The van der Waals surface area contributed by atoms with E-state index in [0.717, 1.165) is 12.8 Å². The van der Waals surface area contributed by atoms with Crippen molar-refractivity contribution in [1.82, 2.24) is 0 Å². The Morgan fingerprint density at radius 3 is 2.61 bits per heavy atom. The predicted molar refractivity (Wildman–Crippen MR) is 114 cm³/mol. The zero-order valence-electron chi connectivity index (χ0n) is 17.9. The standard InChI is InChI=1S/C23H27NO7/c1-4-6-11-28-18-9-7-16(12-20(18)27-5-2)23(26)31-15(3)22(25)24-17-8-10-19-21(13-17)30-14-29-19/h7-10,12-13,15H,4-6,11,14H2,1-3H3,(H,24,25)/t15-/m0/s1. The van der Waals surface area contributed by atoms with Gasteiger partial charge in [-0.25, -0.2) is 4.79 Å². The van der Waals surface area contributed by atoms with Crippen molar-refractivity contribution in [3.63, 3.8) is 0 Å². The second-order valence-corrected chi connectivity index (χ2v) is 6.90. The van der Waals surface area contributed by atoms with Crippen molar-refractivity contribution in [3.8, 4) is 23.0 Å². The molecule has 8 nitrogen and oxygen atoms in total. The van der Waals surface area contributed by atoms with Crippen LogP contribution in [-0.4, -0.2) is 38.0 Å². The molecule has 2 aromatic carbocycles. The van der Waals surface area contributed by atoms with Gasteiger partial charge in [-0.1, -0.05) is 13.3 Å². The number of anilines is 1. The van der Waals surface area contributed by atoms with E-state index >= 15 is 0 Å². The Balaban J connectivity index is 1.61. The van der Waals surface area contributed by atoms with Crippen LogP contribution in [0.1, 0.15) is 44.0 Å². The number of amides is 1. The number of unbranched alkanes of at least 4 members (excludes halogenated alkanes) is 1. The number of carbonyl (C=O) groups excluding carboxylic acids is 2. The van der Waals surface area contributed by atoms with Gasteiger partial charge in [-0.2, -0.15) is 0 Å². The quantitative estimate of drug-likeness (QED) is 0.447. The zero-order chi connectivity index (χ0) is 22.2. The molecule has 0 aromatic heterocycles. The van der Waals surface area contributed by atoms with E-state index in [1.54, 1.807) is 36.4 Å². The fourth-order valence-corrected chi connectivity index (χ4v) is 2.85. The maximum absolute atomic E-state index is 12.6. The molecule has 8 heteroatoms. The molecule has 1 aliphatic rings. The summed E-state index contributed by atoms with van der Waals surface area (Å²) < 4.78 is 27.2. The van der Waals surface area contributed by atoms with Gasteiger partial charge in [0.25, 0.3) is 5.91 Å². The lowest BCUT2D eigenvalue weighted by molar-refractivity contribution is -0.123. The van der Waals surface area contributed by atoms with Crippen LogP contribution in [0.25, 0.3) is 0 Å². The normalized spacial score (nSPS) is 12.7. The third-order valence-electron chi connectivity index (χ3n) is 4.53. The first-order chi connectivity index (χ1) is 15.0. The molecular formula is C23H27NO7. The molecule has 0 fully saturated rings. The molecule has 0 spiro atoms. The number of carbonyl (C=O) groups is 2. The second kappa shape index (κ2) is 10.6. The van der Waals surface area contributed by atoms with Crippen LogP contribution in [0.4, 0.5) is 5.69 Å². The Kier molecular flexibility index (Phi) is 7.59. The number of hydrogen-bond donors (Lipinski definition) is 1. The minimum Gasteiger partial charge on any atom is -0.490 e. The lowest BCUT2D eigenvalue weighted by Crippen LogP contribution is -2.30. The molecule has 1 N–H and O–H groups in total. The fraction of sp³-hybridized carbons (Fsp3) is 0.391. The minimum atomic E-state index is -1.01. The van der Waals surface area contributed by atoms with E-state index in [1.165, 1.54) is 6.92 Å². The number of rotatable bonds is 10. The largest absolute Gasteiger partial charge is 0.490 e. The lowest BCUT2D eigenvalue weighted by Gasteiger charge is -2.15. The van der Waals surface area contributed by atoms with E-state index in [0.29, 0.717) is 41.9 Å². The van der Waals surface area contributed by atoms with Crippen molar-refractivity contribution >= 4 is 17.6 Å². The van der Waals surface area contributed by atoms with Crippen LogP contribution in [0.15, 0.2) is 36.4 Å². The van der Waals surface area contributed by atoms with Gasteiger partial charge in [-0.15, -0.1) is 0 Å². The first-order valence-corrected chi connectivity index (χ1v) is 10.3. The molecule has 1 aliphatic heterocycles. The molecule has 0 saturated heterocycles.